The van der Waals surface area contributed by atoms with Crippen LogP contribution in [0.1, 0.15) is 26.9 Å². The highest BCUT2D eigenvalue weighted by atomic mass is 32.2. The summed E-state index contributed by atoms with van der Waals surface area (Å²) in [6.45, 7) is 0. The molecule has 0 spiro atoms. The lowest BCUT2D eigenvalue weighted by molar-refractivity contribution is -0.116. The number of nitrogens with one attached hydrogen (secondary N) is 1. The second-order valence-electron chi connectivity index (χ2n) is 10.8. The minimum atomic E-state index is -1.04. The Balaban J connectivity index is 1.18. The number of amidine groups is 1. The summed E-state index contributed by atoms with van der Waals surface area (Å²) < 4.78 is 5.43. The van der Waals surface area contributed by atoms with Gasteiger partial charge in [0.2, 0.25) is 5.91 Å². The largest absolute Gasteiger partial charge is 0.478 e. The van der Waals surface area contributed by atoms with E-state index in [1.807, 2.05) is 66.7 Å². The van der Waals surface area contributed by atoms with Crippen molar-refractivity contribution in [1.82, 2.24) is 4.98 Å². The minimum Gasteiger partial charge on any atom is -0.478 e. The average Bonchev–Trinajstić information content (AvgIpc) is 3.74. The van der Waals surface area contributed by atoms with Gasteiger partial charge in [-0.1, -0.05) is 90.6 Å². The van der Waals surface area contributed by atoms with E-state index in [2.05, 4.69) is 15.3 Å². The van der Waals surface area contributed by atoms with Crippen LogP contribution in [-0.2, 0) is 9.59 Å². The molecule has 6 aromatic rings. The second kappa shape index (κ2) is 13.2. The molecule has 0 aliphatic carbocycles. The van der Waals surface area contributed by atoms with E-state index in [9.17, 15) is 19.5 Å². The van der Waals surface area contributed by atoms with Crippen LogP contribution in [0.3, 0.4) is 0 Å². The average molecular weight is 651 g/mol. The molecule has 2 amide bonds. The highest BCUT2D eigenvalue weighted by molar-refractivity contribution is 8.15. The number of nitrogens with zero attached hydrogens (tertiary/aromatic N) is 3. The number of aromatic carboxylic acids is 1. The van der Waals surface area contributed by atoms with Gasteiger partial charge < -0.3 is 14.8 Å². The van der Waals surface area contributed by atoms with Crippen molar-refractivity contribution in [3.05, 3.63) is 156 Å². The summed E-state index contributed by atoms with van der Waals surface area (Å²) in [6, 6.07) is 37.6. The number of hydrogen-bond donors (Lipinski definition) is 2. The van der Waals surface area contributed by atoms with Crippen molar-refractivity contribution in [2.24, 2.45) is 4.99 Å². The maximum atomic E-state index is 14.0. The lowest BCUT2D eigenvalue weighted by Crippen LogP contribution is -2.32. The molecular weight excluding hydrogens is 625 g/mol. The number of para-hydroxylation sites is 2. The highest BCUT2D eigenvalue weighted by Gasteiger charge is 2.36. The number of carboxylic acids is 1. The van der Waals surface area contributed by atoms with Gasteiger partial charge in [-0.05, 0) is 54.1 Å². The Morgan fingerprint density at radius 3 is 2.27 bits per heavy atom. The number of pyridine rings is 1. The predicted octanol–water partition coefficient (Wildman–Crippen LogP) is 8.05. The normalized spacial score (nSPS) is 14.2. The maximum Gasteiger partial charge on any atom is 0.336 e. The van der Waals surface area contributed by atoms with Crippen molar-refractivity contribution < 1.29 is 23.9 Å². The van der Waals surface area contributed by atoms with Crippen LogP contribution in [0.4, 0.5) is 11.4 Å². The fraction of sp³-hybridized carbons (Fsp3) is 0.0263. The number of rotatable bonds is 8. The summed E-state index contributed by atoms with van der Waals surface area (Å²) in [5.74, 6) is -1.20. The monoisotopic (exact) mass is 650 g/mol. The summed E-state index contributed by atoms with van der Waals surface area (Å²) in [5.41, 5.74) is 4.01. The molecule has 0 bridgehead atoms. The molecule has 10 heteroatoms. The molecule has 0 radical (unpaired) electrons. The van der Waals surface area contributed by atoms with Gasteiger partial charge in [0, 0.05) is 22.7 Å². The van der Waals surface area contributed by atoms with Gasteiger partial charge in [0.15, 0.2) is 5.17 Å². The number of amides is 2. The first-order chi connectivity index (χ1) is 23.4. The zero-order valence-corrected chi connectivity index (χ0v) is 26.0. The van der Waals surface area contributed by atoms with Crippen LogP contribution in [0.15, 0.2) is 149 Å². The summed E-state index contributed by atoms with van der Waals surface area (Å²) in [5, 5.41) is 12.9. The molecule has 1 unspecified atom stereocenters. The molecule has 1 aliphatic heterocycles. The third-order valence-electron chi connectivity index (χ3n) is 7.62. The van der Waals surface area contributed by atoms with E-state index < -0.39 is 11.2 Å². The van der Waals surface area contributed by atoms with Gasteiger partial charge in [-0.3, -0.25) is 14.5 Å². The Morgan fingerprint density at radius 2 is 1.56 bits per heavy atom. The third kappa shape index (κ3) is 6.24. The van der Waals surface area contributed by atoms with Gasteiger partial charge in [0.05, 0.1) is 28.7 Å². The van der Waals surface area contributed by atoms with Gasteiger partial charge in [0.25, 0.3) is 5.91 Å². The molecule has 48 heavy (non-hydrogen) atoms. The van der Waals surface area contributed by atoms with E-state index in [1.54, 1.807) is 66.7 Å². The minimum absolute atomic E-state index is 0.163. The van der Waals surface area contributed by atoms with E-state index in [-0.39, 0.29) is 23.1 Å². The number of benzene rings is 4. The van der Waals surface area contributed by atoms with Crippen LogP contribution in [0.2, 0.25) is 0 Å². The van der Waals surface area contributed by atoms with E-state index in [4.69, 9.17) is 4.42 Å². The number of hydrogen-bond acceptors (Lipinski definition) is 7. The van der Waals surface area contributed by atoms with Gasteiger partial charge in [-0.25, -0.2) is 14.8 Å². The molecule has 0 saturated carbocycles. The number of aromatic nitrogens is 1. The molecule has 4 aromatic carbocycles. The number of thioether (sulfide) groups is 1. The van der Waals surface area contributed by atoms with Crippen LogP contribution >= 0.6 is 11.8 Å². The van der Waals surface area contributed by atoms with Crippen LogP contribution in [0.5, 0.6) is 0 Å². The Morgan fingerprint density at radius 1 is 0.854 bits per heavy atom. The Kier molecular flexibility index (Phi) is 8.38. The number of anilines is 2. The quantitative estimate of drug-likeness (QED) is 0.160. The zero-order valence-electron chi connectivity index (χ0n) is 25.2. The Labute approximate surface area is 279 Å². The van der Waals surface area contributed by atoms with Gasteiger partial charge in [0.1, 0.15) is 16.7 Å². The van der Waals surface area contributed by atoms with Crippen molar-refractivity contribution in [2.45, 2.75) is 5.25 Å². The molecule has 3 heterocycles. The molecule has 0 saturated heterocycles. The fourth-order valence-electron chi connectivity index (χ4n) is 5.33. The number of carbonyl (C=O) groups is 3. The molecule has 7 rings (SSSR count). The molecule has 0 fully saturated rings. The SMILES string of the molecule is O=C(O)c1cc(-c2ccc(NC(=O)C(SC3=N/C(=C\c4ccco4)C(=O)N3c3ccccc3)c3ccccc3)cc2)nc2ccccc12. The van der Waals surface area contributed by atoms with Gasteiger partial charge in [-0.2, -0.15) is 0 Å². The van der Waals surface area contributed by atoms with E-state index in [1.165, 1.54) is 22.9 Å². The van der Waals surface area contributed by atoms with Crippen LogP contribution in [-0.4, -0.2) is 33.0 Å². The number of carboxylic acid groups (broad SMARTS) is 1. The molecule has 1 aliphatic rings. The third-order valence-corrected chi connectivity index (χ3v) is 8.83. The zero-order chi connectivity index (χ0) is 33.0. The number of furan rings is 1. The highest BCUT2D eigenvalue weighted by Crippen LogP contribution is 2.38. The molecular formula is C38H26N4O5S. The fourth-order valence-corrected chi connectivity index (χ4v) is 6.44. The van der Waals surface area contributed by atoms with Crippen molar-refractivity contribution in [1.29, 1.82) is 0 Å². The van der Waals surface area contributed by atoms with Gasteiger partial charge in [-0.15, -0.1) is 0 Å². The van der Waals surface area contributed by atoms with E-state index >= 15 is 0 Å². The predicted molar refractivity (Wildman–Crippen MR) is 188 cm³/mol. The number of carbonyl (C=O) groups excluding carboxylic acids is 2. The molecule has 2 aromatic heterocycles. The van der Waals surface area contributed by atoms with E-state index in [0.29, 0.717) is 44.5 Å². The smallest absolute Gasteiger partial charge is 0.336 e. The van der Waals surface area contributed by atoms with Crippen molar-refractivity contribution in [2.75, 3.05) is 10.2 Å². The first-order valence-electron chi connectivity index (χ1n) is 14.9. The first-order valence-corrected chi connectivity index (χ1v) is 15.8. The Hall–Kier alpha value is -6.26. The number of fused-ring (bicyclic) bond motifs is 1. The van der Waals surface area contributed by atoms with Crippen molar-refractivity contribution in [3.8, 4) is 11.3 Å². The second-order valence-corrected chi connectivity index (χ2v) is 11.8. The molecule has 9 nitrogen and oxygen atoms in total. The van der Waals surface area contributed by atoms with Gasteiger partial charge >= 0.3 is 5.97 Å². The summed E-state index contributed by atoms with van der Waals surface area (Å²) in [4.78, 5) is 50.4. The van der Waals surface area contributed by atoms with Crippen LogP contribution in [0, 0.1) is 0 Å². The summed E-state index contributed by atoms with van der Waals surface area (Å²) in [6.07, 6.45) is 3.10. The van der Waals surface area contributed by atoms with Crippen LogP contribution in [0.25, 0.3) is 28.2 Å². The van der Waals surface area contributed by atoms with Crippen LogP contribution < -0.4 is 10.2 Å². The van der Waals surface area contributed by atoms with Crippen molar-refractivity contribution in [3.63, 3.8) is 0 Å². The number of aliphatic imine (C=N–C) groups is 1. The topological polar surface area (TPSA) is 125 Å². The molecule has 2 N–H and O–H groups in total. The first kappa shape index (κ1) is 30.4. The summed E-state index contributed by atoms with van der Waals surface area (Å²) >= 11 is 1.17. The maximum absolute atomic E-state index is 14.0. The molecule has 1 atom stereocenters. The summed E-state index contributed by atoms with van der Waals surface area (Å²) in [7, 11) is 0. The standard InChI is InChI=1S/C38H26N4O5S/c43-35(39-26-19-17-24(18-20-26)32-23-30(37(45)46)29-15-7-8-16-31(29)40-32)34(25-10-3-1-4-11-25)48-38-41-33(22-28-14-9-21-47-28)36(44)42(38)27-12-5-2-6-13-27/h1-23,34H,(H,39,43)(H,45,46)/b33-22-. The lowest BCUT2D eigenvalue weighted by Gasteiger charge is -2.22. The Bertz CT molecular complexity index is 2200. The van der Waals surface area contributed by atoms with Crippen molar-refractivity contribution >= 4 is 63.1 Å². The van der Waals surface area contributed by atoms with E-state index in [0.717, 1.165) is 5.56 Å². The molecule has 234 valence electrons. The lowest BCUT2D eigenvalue weighted by atomic mass is 10.0.